The number of halogens is 3. The molecule has 4 heterocycles. The summed E-state index contributed by atoms with van der Waals surface area (Å²) in [6.07, 6.45) is 4.64. The number of anilines is 1. The van der Waals surface area contributed by atoms with Crippen molar-refractivity contribution in [1.29, 1.82) is 5.26 Å². The summed E-state index contributed by atoms with van der Waals surface area (Å²) in [5.74, 6) is -1.06. The molecule has 0 radical (unpaired) electrons. The van der Waals surface area contributed by atoms with E-state index in [1.165, 1.54) is 30.5 Å². The third kappa shape index (κ3) is 4.70. The molecule has 1 unspecified atom stereocenters. The van der Waals surface area contributed by atoms with E-state index in [0.717, 1.165) is 12.8 Å². The van der Waals surface area contributed by atoms with Crippen LogP contribution in [-0.2, 0) is 4.57 Å². The summed E-state index contributed by atoms with van der Waals surface area (Å²) in [5.41, 5.74) is 3.06. The van der Waals surface area contributed by atoms with Gasteiger partial charge in [-0.3, -0.25) is 4.98 Å². The van der Waals surface area contributed by atoms with Crippen LogP contribution in [0.3, 0.4) is 0 Å². The summed E-state index contributed by atoms with van der Waals surface area (Å²) >= 11 is 6.60. The SMILES string of the molecule is Cc1nc2cc(F)c(-c3ccc(P4(=O)CCCC4)nc3)nc2c(NC(C)c2cc(C#N)ccc2F)c1Cl. The van der Waals surface area contributed by atoms with Crippen molar-refractivity contribution in [2.45, 2.75) is 32.7 Å². The highest BCUT2D eigenvalue weighted by Gasteiger charge is 2.30. The van der Waals surface area contributed by atoms with E-state index in [9.17, 15) is 14.2 Å². The molecule has 1 aliphatic heterocycles. The molecule has 1 aliphatic rings. The molecule has 0 spiro atoms. The summed E-state index contributed by atoms with van der Waals surface area (Å²) in [6, 6.07) is 10.2. The molecule has 5 rings (SSSR count). The van der Waals surface area contributed by atoms with E-state index in [4.69, 9.17) is 11.6 Å². The number of fused-ring (bicyclic) bond motifs is 1. The van der Waals surface area contributed by atoms with Crippen LogP contribution in [0.2, 0.25) is 5.02 Å². The van der Waals surface area contributed by atoms with Crippen molar-refractivity contribution in [3.8, 4) is 17.3 Å². The first kappa shape index (κ1) is 25.3. The summed E-state index contributed by atoms with van der Waals surface area (Å²) in [6.45, 7) is 3.42. The maximum Gasteiger partial charge on any atom is 0.151 e. The Labute approximate surface area is 218 Å². The Morgan fingerprint density at radius 2 is 1.86 bits per heavy atom. The third-order valence-corrected chi connectivity index (χ3v) is 10.3. The van der Waals surface area contributed by atoms with Gasteiger partial charge >= 0.3 is 0 Å². The van der Waals surface area contributed by atoms with Crippen molar-refractivity contribution in [3.63, 3.8) is 0 Å². The zero-order valence-corrected chi connectivity index (χ0v) is 21.9. The van der Waals surface area contributed by atoms with Gasteiger partial charge < -0.3 is 9.88 Å². The standard InChI is InChI=1S/C27H23ClF2N5OP/c1-15(19-11-17(13-31)5-7-20(19)29)34-27-24(28)16(2)33-22-12-21(30)25(35-26(22)27)18-6-8-23(32-14-18)37(36)9-3-4-10-37/h5-8,11-12,14-15H,3-4,9-10H2,1-2H3,(H,33,34). The monoisotopic (exact) mass is 537 g/mol. The maximum absolute atomic E-state index is 15.2. The first-order valence-electron chi connectivity index (χ1n) is 11.9. The van der Waals surface area contributed by atoms with E-state index in [1.54, 1.807) is 26.0 Å². The van der Waals surface area contributed by atoms with Crippen molar-refractivity contribution in [3.05, 3.63) is 76.1 Å². The summed E-state index contributed by atoms with van der Waals surface area (Å²) in [4.78, 5) is 13.3. The molecule has 188 valence electrons. The molecule has 0 amide bonds. The van der Waals surface area contributed by atoms with Gasteiger partial charge in [-0.2, -0.15) is 5.26 Å². The van der Waals surface area contributed by atoms with Crippen LogP contribution in [0.5, 0.6) is 0 Å². The lowest BCUT2D eigenvalue weighted by Gasteiger charge is -2.20. The highest BCUT2D eigenvalue weighted by atomic mass is 35.5. The Kier molecular flexibility index (Phi) is 6.70. The average Bonchev–Trinajstić information content (AvgIpc) is 3.34. The number of aryl methyl sites for hydroxylation is 1. The molecular weight excluding hydrogens is 515 g/mol. The topological polar surface area (TPSA) is 91.6 Å². The lowest BCUT2D eigenvalue weighted by atomic mass is 10.0. The Morgan fingerprint density at radius 1 is 1.11 bits per heavy atom. The normalized spacial score (nSPS) is 15.5. The molecule has 4 aromatic rings. The van der Waals surface area contributed by atoms with Crippen molar-refractivity contribution in [2.24, 2.45) is 0 Å². The average molecular weight is 538 g/mol. The van der Waals surface area contributed by atoms with Gasteiger partial charge in [0.1, 0.15) is 24.2 Å². The number of nitriles is 1. The number of nitrogens with zero attached hydrogens (tertiary/aromatic N) is 4. The van der Waals surface area contributed by atoms with Gasteiger partial charge in [0.25, 0.3) is 0 Å². The minimum absolute atomic E-state index is 0.0475. The zero-order chi connectivity index (χ0) is 26.3. The van der Waals surface area contributed by atoms with Gasteiger partial charge in [-0.15, -0.1) is 0 Å². The van der Waals surface area contributed by atoms with Crippen LogP contribution in [0.25, 0.3) is 22.3 Å². The van der Waals surface area contributed by atoms with Crippen LogP contribution in [0.4, 0.5) is 14.5 Å². The predicted octanol–water partition coefficient (Wildman–Crippen LogP) is 6.76. The molecule has 0 aliphatic carbocycles. The van der Waals surface area contributed by atoms with Crippen LogP contribution in [0, 0.1) is 29.9 Å². The molecular formula is C27H23ClF2N5OP. The smallest absolute Gasteiger partial charge is 0.151 e. The molecule has 3 aromatic heterocycles. The molecule has 1 aromatic carbocycles. The van der Waals surface area contributed by atoms with Crippen LogP contribution >= 0.6 is 18.7 Å². The number of aromatic nitrogens is 3. The van der Waals surface area contributed by atoms with E-state index in [2.05, 4.69) is 20.3 Å². The minimum atomic E-state index is -2.47. The Hall–Kier alpha value is -3.40. The van der Waals surface area contributed by atoms with E-state index >= 15 is 4.39 Å². The van der Waals surface area contributed by atoms with Gasteiger partial charge in [0.15, 0.2) is 5.82 Å². The summed E-state index contributed by atoms with van der Waals surface area (Å²) < 4.78 is 42.8. The van der Waals surface area contributed by atoms with E-state index in [0.29, 0.717) is 45.8 Å². The molecule has 1 N–H and O–H groups in total. The molecule has 1 atom stereocenters. The number of benzene rings is 1. The number of rotatable bonds is 5. The van der Waals surface area contributed by atoms with Gasteiger partial charge in [-0.05, 0) is 57.0 Å². The van der Waals surface area contributed by atoms with Crippen molar-refractivity contribution < 1.29 is 13.3 Å². The van der Waals surface area contributed by atoms with E-state index in [1.807, 2.05) is 6.07 Å². The minimum Gasteiger partial charge on any atom is -0.375 e. The van der Waals surface area contributed by atoms with E-state index < -0.39 is 24.8 Å². The van der Waals surface area contributed by atoms with Crippen molar-refractivity contribution in [2.75, 3.05) is 17.6 Å². The van der Waals surface area contributed by atoms with Crippen LogP contribution in [0.15, 0.2) is 42.6 Å². The van der Waals surface area contributed by atoms with E-state index in [-0.39, 0.29) is 21.8 Å². The second-order valence-electron chi connectivity index (χ2n) is 9.24. The largest absolute Gasteiger partial charge is 0.375 e. The van der Waals surface area contributed by atoms with Gasteiger partial charge in [-0.25, -0.2) is 18.7 Å². The zero-order valence-electron chi connectivity index (χ0n) is 20.2. The number of hydrogen-bond acceptors (Lipinski definition) is 6. The molecule has 37 heavy (non-hydrogen) atoms. The molecule has 0 saturated carbocycles. The van der Waals surface area contributed by atoms with Gasteiger partial charge in [0.2, 0.25) is 0 Å². The maximum atomic E-state index is 15.2. The first-order chi connectivity index (χ1) is 17.7. The molecule has 1 fully saturated rings. The summed E-state index contributed by atoms with van der Waals surface area (Å²) in [7, 11) is -2.47. The van der Waals surface area contributed by atoms with Crippen LogP contribution in [-0.4, -0.2) is 27.3 Å². The molecule has 10 heteroatoms. The van der Waals surface area contributed by atoms with Gasteiger partial charge in [-0.1, -0.05) is 11.6 Å². The van der Waals surface area contributed by atoms with Gasteiger partial charge in [0, 0.05) is 35.7 Å². The predicted molar refractivity (Wildman–Crippen MR) is 142 cm³/mol. The fourth-order valence-electron chi connectivity index (χ4n) is 4.68. The van der Waals surface area contributed by atoms with Gasteiger partial charge in [0.05, 0.1) is 45.0 Å². The number of pyridine rings is 3. The Morgan fingerprint density at radius 3 is 2.54 bits per heavy atom. The highest BCUT2D eigenvalue weighted by Crippen LogP contribution is 2.50. The lowest BCUT2D eigenvalue weighted by molar-refractivity contribution is 0.584. The van der Waals surface area contributed by atoms with Crippen LogP contribution in [0.1, 0.15) is 42.6 Å². The van der Waals surface area contributed by atoms with Crippen molar-refractivity contribution in [1.82, 2.24) is 15.0 Å². The quantitative estimate of drug-likeness (QED) is 0.283. The lowest BCUT2D eigenvalue weighted by Crippen LogP contribution is -2.12. The number of hydrogen-bond donors (Lipinski definition) is 1. The molecule has 6 nitrogen and oxygen atoms in total. The molecule has 1 saturated heterocycles. The summed E-state index contributed by atoms with van der Waals surface area (Å²) in [5, 5.41) is 12.7. The number of nitrogens with one attached hydrogen (secondary N) is 1. The van der Waals surface area contributed by atoms with Crippen LogP contribution < -0.4 is 10.8 Å². The first-order valence-corrected chi connectivity index (χ1v) is 14.3. The Balaban J connectivity index is 1.58. The second-order valence-corrected chi connectivity index (χ2v) is 12.7. The fraction of sp³-hybridized carbons (Fsp3) is 0.259. The van der Waals surface area contributed by atoms with Crippen molar-refractivity contribution >= 4 is 40.9 Å². The third-order valence-electron chi connectivity index (χ3n) is 6.70. The highest BCUT2D eigenvalue weighted by molar-refractivity contribution is 7.71. The second kappa shape index (κ2) is 9.81. The Bertz CT molecular complexity index is 1610. The molecule has 0 bridgehead atoms. The fourth-order valence-corrected chi connectivity index (χ4v) is 7.63.